The number of halogens is 1. The number of rotatable bonds is 9. The Morgan fingerprint density at radius 2 is 2.06 bits per heavy atom. The van der Waals surface area contributed by atoms with E-state index in [1.54, 1.807) is 11.8 Å². The van der Waals surface area contributed by atoms with Crippen molar-refractivity contribution in [2.24, 2.45) is 5.92 Å². The van der Waals surface area contributed by atoms with Gasteiger partial charge in [0.2, 0.25) is 0 Å². The maximum atomic E-state index is 6.42. The zero-order chi connectivity index (χ0) is 24.0. The third-order valence-electron chi connectivity index (χ3n) is 8.27. The molecular formula is C30H42ClN3. The predicted molar refractivity (Wildman–Crippen MR) is 146 cm³/mol. The molecule has 0 amide bonds. The lowest BCUT2D eigenvalue weighted by Gasteiger charge is -2.47. The van der Waals surface area contributed by atoms with Gasteiger partial charge >= 0.3 is 0 Å². The molecule has 184 valence electrons. The lowest BCUT2D eigenvalue weighted by Crippen LogP contribution is -2.51. The average molecular weight is 480 g/mol. The van der Waals surface area contributed by atoms with Crippen LogP contribution in [0.15, 0.2) is 66.7 Å². The lowest BCUT2D eigenvalue weighted by atomic mass is 9.66. The number of hydrogen-bond donors (Lipinski definition) is 2. The highest BCUT2D eigenvalue weighted by Crippen LogP contribution is 2.49. The number of benzene rings is 1. The second kappa shape index (κ2) is 11.6. The molecule has 3 nitrogen and oxygen atoms in total. The van der Waals surface area contributed by atoms with E-state index in [1.165, 1.54) is 74.9 Å². The molecule has 2 N–H and O–H groups in total. The van der Waals surface area contributed by atoms with Crippen molar-refractivity contribution in [3.05, 3.63) is 82.8 Å². The Balaban J connectivity index is 1.36. The lowest BCUT2D eigenvalue weighted by molar-refractivity contribution is 0.142. The summed E-state index contributed by atoms with van der Waals surface area (Å²) in [5.74, 6) is 1.17. The minimum Gasteiger partial charge on any atom is -0.381 e. The van der Waals surface area contributed by atoms with Gasteiger partial charge in [-0.25, -0.2) is 0 Å². The number of fused-ring (bicyclic) bond motifs is 2. The van der Waals surface area contributed by atoms with Crippen molar-refractivity contribution in [2.75, 3.05) is 19.6 Å². The summed E-state index contributed by atoms with van der Waals surface area (Å²) in [5.41, 5.74) is 5.91. The Labute approximate surface area is 212 Å². The topological polar surface area (TPSA) is 27.3 Å². The summed E-state index contributed by atoms with van der Waals surface area (Å²) in [6, 6.07) is 6.64. The van der Waals surface area contributed by atoms with E-state index in [0.717, 1.165) is 17.9 Å². The molecule has 0 bridgehead atoms. The zero-order valence-electron chi connectivity index (χ0n) is 21.1. The third-order valence-corrected chi connectivity index (χ3v) is 8.50. The summed E-state index contributed by atoms with van der Waals surface area (Å²) in [6.07, 6.45) is 20.3. The molecule has 0 radical (unpaired) electrons. The van der Waals surface area contributed by atoms with Crippen LogP contribution in [0.4, 0.5) is 0 Å². The van der Waals surface area contributed by atoms with Crippen LogP contribution in [0.1, 0.15) is 75.8 Å². The normalized spacial score (nSPS) is 25.6. The van der Waals surface area contributed by atoms with Crippen molar-refractivity contribution < 1.29 is 0 Å². The van der Waals surface area contributed by atoms with Gasteiger partial charge in [0.25, 0.3) is 0 Å². The van der Waals surface area contributed by atoms with Gasteiger partial charge < -0.3 is 15.5 Å². The van der Waals surface area contributed by atoms with Crippen molar-refractivity contribution in [1.82, 2.24) is 15.5 Å². The molecule has 1 fully saturated rings. The SMILES string of the molecule is C=CN/C=C(\C)CCCCCN1CCC(C2c3ccc(Cl)cc3CCC3=CC=CNC32C)CC1. The first kappa shape index (κ1) is 25.1. The average Bonchev–Trinajstić information content (AvgIpc) is 2.96. The summed E-state index contributed by atoms with van der Waals surface area (Å²) < 4.78 is 0. The van der Waals surface area contributed by atoms with E-state index in [-0.39, 0.29) is 5.54 Å². The van der Waals surface area contributed by atoms with E-state index in [2.05, 4.69) is 78.7 Å². The first-order valence-corrected chi connectivity index (χ1v) is 13.6. The molecule has 2 unspecified atom stereocenters. The highest BCUT2D eigenvalue weighted by molar-refractivity contribution is 6.30. The van der Waals surface area contributed by atoms with Crippen molar-refractivity contribution >= 4 is 11.6 Å². The van der Waals surface area contributed by atoms with Crippen LogP contribution < -0.4 is 10.6 Å². The van der Waals surface area contributed by atoms with Crippen LogP contribution in [0.25, 0.3) is 0 Å². The van der Waals surface area contributed by atoms with Crippen molar-refractivity contribution in [1.29, 1.82) is 0 Å². The minimum absolute atomic E-state index is 0.00744. The van der Waals surface area contributed by atoms with Gasteiger partial charge in [0.1, 0.15) is 0 Å². The molecule has 1 aromatic rings. The van der Waals surface area contributed by atoms with Gasteiger partial charge in [-0.05, 0) is 138 Å². The molecule has 34 heavy (non-hydrogen) atoms. The van der Waals surface area contributed by atoms with Crippen LogP contribution in [0.5, 0.6) is 0 Å². The fourth-order valence-corrected chi connectivity index (χ4v) is 6.58. The zero-order valence-corrected chi connectivity index (χ0v) is 21.8. The molecule has 2 aliphatic heterocycles. The van der Waals surface area contributed by atoms with Crippen LogP contribution in [0, 0.1) is 5.92 Å². The van der Waals surface area contributed by atoms with Crippen LogP contribution in [-0.2, 0) is 6.42 Å². The molecular weight excluding hydrogens is 438 g/mol. The molecule has 1 aliphatic carbocycles. The number of piperidine rings is 1. The number of aryl methyl sites for hydroxylation is 1. The van der Waals surface area contributed by atoms with Crippen molar-refractivity contribution in [3.8, 4) is 0 Å². The Morgan fingerprint density at radius 3 is 2.85 bits per heavy atom. The molecule has 1 saturated heterocycles. The van der Waals surface area contributed by atoms with Crippen LogP contribution in [-0.4, -0.2) is 30.1 Å². The van der Waals surface area contributed by atoms with Gasteiger partial charge in [-0.1, -0.05) is 42.3 Å². The number of nitrogens with zero attached hydrogens (tertiary/aromatic N) is 1. The molecule has 0 aromatic heterocycles. The van der Waals surface area contributed by atoms with Gasteiger partial charge in [-0.15, -0.1) is 0 Å². The molecule has 1 aromatic carbocycles. The summed E-state index contributed by atoms with van der Waals surface area (Å²) in [6.45, 7) is 12.0. The summed E-state index contributed by atoms with van der Waals surface area (Å²) in [4.78, 5) is 2.70. The Morgan fingerprint density at radius 1 is 1.24 bits per heavy atom. The van der Waals surface area contributed by atoms with Gasteiger partial charge in [0.15, 0.2) is 0 Å². The highest BCUT2D eigenvalue weighted by atomic mass is 35.5. The van der Waals surface area contributed by atoms with Crippen LogP contribution in [0.2, 0.25) is 5.02 Å². The quantitative estimate of drug-likeness (QED) is 0.370. The van der Waals surface area contributed by atoms with Crippen molar-refractivity contribution in [2.45, 2.75) is 76.7 Å². The molecule has 4 rings (SSSR count). The second-order valence-corrected chi connectivity index (χ2v) is 11.0. The standard InChI is InChI=1S/C30H42ClN3/c1-4-32-22-23(2)9-6-5-7-18-34-19-15-24(16-20-34)29-28-14-13-27(31)21-25(28)11-12-26-10-8-17-33-30(26,29)3/h4,8,10,13-14,17,21-22,24,29,32-33H,1,5-7,9,11-12,15-16,18-20H2,2-3H3/b23-22+. The molecule has 0 spiro atoms. The van der Waals surface area contributed by atoms with Crippen LogP contribution in [0.3, 0.4) is 0 Å². The summed E-state index contributed by atoms with van der Waals surface area (Å²) in [7, 11) is 0. The molecule has 3 aliphatic rings. The monoisotopic (exact) mass is 479 g/mol. The fourth-order valence-electron chi connectivity index (χ4n) is 6.38. The summed E-state index contributed by atoms with van der Waals surface area (Å²) in [5, 5.41) is 7.76. The number of dihydropyridines is 1. The van der Waals surface area contributed by atoms with E-state index in [0.29, 0.717) is 11.8 Å². The minimum atomic E-state index is -0.00744. The number of allylic oxidation sites excluding steroid dienone is 3. The number of unbranched alkanes of at least 4 members (excludes halogenated alkanes) is 2. The molecule has 4 heteroatoms. The largest absolute Gasteiger partial charge is 0.381 e. The van der Waals surface area contributed by atoms with E-state index in [9.17, 15) is 0 Å². The van der Waals surface area contributed by atoms with Gasteiger partial charge in [-0.3, -0.25) is 0 Å². The third kappa shape index (κ3) is 5.80. The smallest absolute Gasteiger partial charge is 0.0626 e. The maximum Gasteiger partial charge on any atom is 0.0626 e. The Bertz CT molecular complexity index is 938. The Kier molecular flexibility index (Phi) is 8.60. The van der Waals surface area contributed by atoms with Gasteiger partial charge in [0.05, 0.1) is 5.54 Å². The van der Waals surface area contributed by atoms with Gasteiger partial charge in [0, 0.05) is 10.9 Å². The number of likely N-dealkylation sites (tertiary alicyclic amines) is 1. The van der Waals surface area contributed by atoms with Crippen molar-refractivity contribution in [3.63, 3.8) is 0 Å². The fraction of sp³-hybridized carbons (Fsp3) is 0.533. The second-order valence-electron chi connectivity index (χ2n) is 10.6. The van der Waals surface area contributed by atoms with E-state index in [4.69, 9.17) is 11.6 Å². The maximum absolute atomic E-state index is 6.42. The van der Waals surface area contributed by atoms with Crippen LogP contribution >= 0.6 is 11.6 Å². The molecule has 0 saturated carbocycles. The number of hydrogen-bond acceptors (Lipinski definition) is 3. The van der Waals surface area contributed by atoms with E-state index in [1.807, 2.05) is 0 Å². The number of nitrogens with one attached hydrogen (secondary N) is 2. The molecule has 2 atom stereocenters. The van der Waals surface area contributed by atoms with E-state index < -0.39 is 0 Å². The Hall–Kier alpha value is -1.97. The summed E-state index contributed by atoms with van der Waals surface area (Å²) >= 11 is 6.42. The van der Waals surface area contributed by atoms with Gasteiger partial charge in [-0.2, -0.15) is 0 Å². The predicted octanol–water partition coefficient (Wildman–Crippen LogP) is 7.08. The highest BCUT2D eigenvalue weighted by Gasteiger charge is 2.45. The first-order valence-electron chi connectivity index (χ1n) is 13.2. The molecule has 2 heterocycles. The van der Waals surface area contributed by atoms with E-state index >= 15 is 0 Å². The first-order chi connectivity index (χ1) is 16.5.